The molecule has 1 aromatic carbocycles. The number of aromatic nitrogens is 4. The minimum Gasteiger partial charge on any atom is -0.487 e. The number of ether oxygens (including phenoxy) is 1. The second-order valence-electron chi connectivity index (χ2n) is 6.34. The van der Waals surface area contributed by atoms with Crippen LogP contribution < -0.4 is 4.74 Å². The Morgan fingerprint density at radius 3 is 2.64 bits per heavy atom. The number of alkyl halides is 3. The van der Waals surface area contributed by atoms with E-state index in [1.165, 1.54) is 6.33 Å². The molecule has 0 amide bonds. The smallest absolute Gasteiger partial charge is 0.406 e. The van der Waals surface area contributed by atoms with Crippen LogP contribution in [0.4, 0.5) is 13.2 Å². The first-order valence-corrected chi connectivity index (χ1v) is 8.73. The molecule has 5 nitrogen and oxygen atoms in total. The molecule has 28 heavy (non-hydrogen) atoms. The molecule has 4 aromatic rings. The van der Waals surface area contributed by atoms with Crippen LogP contribution in [0.2, 0.25) is 5.15 Å². The molecular formula is C19H14ClF3N4O. The molecular weight excluding hydrogens is 393 g/mol. The van der Waals surface area contributed by atoms with E-state index in [1.54, 1.807) is 24.4 Å². The van der Waals surface area contributed by atoms with Crippen LogP contribution in [0.15, 0.2) is 42.9 Å². The number of hydrogen-bond donors (Lipinski definition) is 0. The maximum absolute atomic E-state index is 13.1. The Labute approximate surface area is 162 Å². The van der Waals surface area contributed by atoms with Crippen LogP contribution in [-0.2, 0) is 13.2 Å². The fourth-order valence-corrected chi connectivity index (χ4v) is 3.30. The molecule has 3 aromatic heterocycles. The Bertz CT molecular complexity index is 1160. The average molecular weight is 407 g/mol. The molecule has 144 valence electrons. The van der Waals surface area contributed by atoms with Crippen molar-refractivity contribution in [3.8, 4) is 5.75 Å². The Morgan fingerprint density at radius 1 is 1.11 bits per heavy atom. The zero-order valence-electron chi connectivity index (χ0n) is 14.7. The first-order chi connectivity index (χ1) is 13.3. The monoisotopic (exact) mass is 406 g/mol. The zero-order chi connectivity index (χ0) is 19.9. The number of rotatable bonds is 4. The van der Waals surface area contributed by atoms with Gasteiger partial charge in [0.25, 0.3) is 0 Å². The molecule has 0 fully saturated rings. The Hall–Kier alpha value is -2.87. The van der Waals surface area contributed by atoms with Crippen molar-refractivity contribution in [3.05, 3.63) is 59.3 Å². The van der Waals surface area contributed by atoms with Gasteiger partial charge in [-0.2, -0.15) is 13.2 Å². The van der Waals surface area contributed by atoms with Gasteiger partial charge in [-0.3, -0.25) is 4.98 Å². The molecule has 9 heteroatoms. The largest absolute Gasteiger partial charge is 0.487 e. The van der Waals surface area contributed by atoms with Gasteiger partial charge in [0, 0.05) is 11.1 Å². The summed E-state index contributed by atoms with van der Waals surface area (Å²) in [5, 5.41) is 0.542. The molecule has 0 bridgehead atoms. The van der Waals surface area contributed by atoms with Crippen LogP contribution in [0, 0.1) is 6.92 Å². The molecule has 0 aliphatic carbocycles. The van der Waals surface area contributed by atoms with E-state index in [-0.39, 0.29) is 17.3 Å². The number of hydrogen-bond acceptors (Lipinski definition) is 4. The predicted octanol–water partition coefficient (Wildman–Crippen LogP) is 5.08. The summed E-state index contributed by atoms with van der Waals surface area (Å²) in [6, 6.07) is 8.74. The van der Waals surface area contributed by atoms with Gasteiger partial charge in [-0.05, 0) is 36.8 Å². The minimum absolute atomic E-state index is 0.0195. The molecule has 0 spiro atoms. The Morgan fingerprint density at radius 2 is 1.93 bits per heavy atom. The van der Waals surface area contributed by atoms with Crippen molar-refractivity contribution in [2.24, 2.45) is 0 Å². The lowest BCUT2D eigenvalue weighted by Gasteiger charge is -2.11. The van der Waals surface area contributed by atoms with Gasteiger partial charge >= 0.3 is 6.18 Å². The van der Waals surface area contributed by atoms with E-state index in [4.69, 9.17) is 16.3 Å². The van der Waals surface area contributed by atoms with Gasteiger partial charge < -0.3 is 9.30 Å². The Kier molecular flexibility index (Phi) is 4.58. The maximum Gasteiger partial charge on any atom is 0.406 e. The summed E-state index contributed by atoms with van der Waals surface area (Å²) in [5.74, 6) is 0.607. The van der Waals surface area contributed by atoms with Gasteiger partial charge in [-0.25, -0.2) is 9.97 Å². The van der Waals surface area contributed by atoms with Crippen molar-refractivity contribution < 1.29 is 17.9 Å². The second kappa shape index (κ2) is 6.94. The van der Waals surface area contributed by atoms with E-state index in [9.17, 15) is 13.2 Å². The van der Waals surface area contributed by atoms with E-state index in [2.05, 4.69) is 15.0 Å². The number of aryl methyl sites for hydroxylation is 1. The van der Waals surface area contributed by atoms with Crippen LogP contribution in [0.5, 0.6) is 5.75 Å². The Balaban J connectivity index is 1.75. The lowest BCUT2D eigenvalue weighted by Crippen LogP contribution is -2.17. The number of halogens is 4. The van der Waals surface area contributed by atoms with Crippen LogP contribution in [0.1, 0.15) is 11.3 Å². The van der Waals surface area contributed by atoms with E-state index >= 15 is 0 Å². The van der Waals surface area contributed by atoms with E-state index < -0.39 is 12.7 Å². The van der Waals surface area contributed by atoms with Crippen molar-refractivity contribution in [2.75, 3.05) is 0 Å². The van der Waals surface area contributed by atoms with Crippen molar-refractivity contribution in [1.82, 2.24) is 19.5 Å². The normalized spacial score (nSPS) is 12.0. The zero-order valence-corrected chi connectivity index (χ0v) is 15.4. The summed E-state index contributed by atoms with van der Waals surface area (Å²) >= 11 is 6.09. The van der Waals surface area contributed by atoms with Crippen molar-refractivity contribution in [3.63, 3.8) is 0 Å². The molecule has 0 N–H and O–H groups in total. The molecule has 0 atom stereocenters. The van der Waals surface area contributed by atoms with Crippen molar-refractivity contribution in [1.29, 1.82) is 0 Å². The standard InChI is InChI=1S/C19H14ClF3N4O/c1-11-2-4-13(7-24-11)28-8-12-3-5-15-14(6-12)16-17(18(20)26-10-25-16)27(15)9-19(21,22)23/h2-7,10H,8-9H2,1H3. The molecule has 0 radical (unpaired) electrons. The van der Waals surface area contributed by atoms with Crippen LogP contribution >= 0.6 is 11.6 Å². The van der Waals surface area contributed by atoms with Crippen LogP contribution in [-0.4, -0.2) is 25.7 Å². The lowest BCUT2D eigenvalue weighted by molar-refractivity contribution is -0.139. The van der Waals surface area contributed by atoms with Gasteiger partial charge in [-0.1, -0.05) is 17.7 Å². The van der Waals surface area contributed by atoms with E-state index in [0.717, 1.165) is 15.8 Å². The van der Waals surface area contributed by atoms with Crippen LogP contribution in [0.25, 0.3) is 21.9 Å². The molecule has 0 aliphatic rings. The second-order valence-corrected chi connectivity index (χ2v) is 6.70. The molecule has 3 heterocycles. The minimum atomic E-state index is -4.40. The fourth-order valence-electron chi connectivity index (χ4n) is 3.06. The fraction of sp³-hybridized carbons (Fsp3) is 0.211. The summed E-state index contributed by atoms with van der Waals surface area (Å²) in [6.45, 7) is 0.942. The van der Waals surface area contributed by atoms with Crippen molar-refractivity contribution in [2.45, 2.75) is 26.3 Å². The molecule has 0 saturated carbocycles. The van der Waals surface area contributed by atoms with Gasteiger partial charge in [-0.15, -0.1) is 0 Å². The summed E-state index contributed by atoms with van der Waals surface area (Å²) in [5.41, 5.74) is 2.59. The lowest BCUT2D eigenvalue weighted by atomic mass is 10.1. The van der Waals surface area contributed by atoms with Gasteiger partial charge in [0.15, 0.2) is 5.15 Å². The highest BCUT2D eigenvalue weighted by atomic mass is 35.5. The topological polar surface area (TPSA) is 52.8 Å². The number of nitrogens with zero attached hydrogens (tertiary/aromatic N) is 4. The number of benzene rings is 1. The summed E-state index contributed by atoms with van der Waals surface area (Å²) in [6.07, 6.45) is -1.54. The van der Waals surface area contributed by atoms with Crippen LogP contribution in [0.3, 0.4) is 0 Å². The van der Waals surface area contributed by atoms with Gasteiger partial charge in [0.1, 0.15) is 36.3 Å². The molecule has 0 saturated heterocycles. The highest BCUT2D eigenvalue weighted by molar-refractivity contribution is 6.34. The summed E-state index contributed by atoms with van der Waals surface area (Å²) in [7, 11) is 0. The molecule has 0 aliphatic heterocycles. The number of fused-ring (bicyclic) bond motifs is 3. The molecule has 0 unspecified atom stereocenters. The quantitative estimate of drug-likeness (QED) is 0.443. The predicted molar refractivity (Wildman–Crippen MR) is 99.4 cm³/mol. The third-order valence-electron chi connectivity index (χ3n) is 4.28. The van der Waals surface area contributed by atoms with E-state index in [1.807, 2.05) is 19.1 Å². The number of pyridine rings is 1. The third-order valence-corrected chi connectivity index (χ3v) is 4.56. The first kappa shape index (κ1) is 18.5. The average Bonchev–Trinajstić information content (AvgIpc) is 2.94. The molecule has 4 rings (SSSR count). The third kappa shape index (κ3) is 3.60. The summed E-state index contributed by atoms with van der Waals surface area (Å²) in [4.78, 5) is 12.2. The summed E-state index contributed by atoms with van der Waals surface area (Å²) < 4.78 is 46.1. The highest BCUT2D eigenvalue weighted by Gasteiger charge is 2.30. The first-order valence-electron chi connectivity index (χ1n) is 8.35. The highest BCUT2D eigenvalue weighted by Crippen LogP contribution is 2.34. The van der Waals surface area contributed by atoms with E-state index in [0.29, 0.717) is 22.2 Å². The van der Waals surface area contributed by atoms with Gasteiger partial charge in [0.05, 0.1) is 11.7 Å². The van der Waals surface area contributed by atoms with Crippen molar-refractivity contribution >= 4 is 33.5 Å². The van der Waals surface area contributed by atoms with Gasteiger partial charge in [0.2, 0.25) is 0 Å². The maximum atomic E-state index is 13.1. The SMILES string of the molecule is Cc1ccc(OCc2ccc3c(c2)c2ncnc(Cl)c2n3CC(F)(F)F)cn1.